The summed E-state index contributed by atoms with van der Waals surface area (Å²) in [6, 6.07) is 8.19. The van der Waals surface area contributed by atoms with E-state index in [0.29, 0.717) is 11.8 Å². The minimum atomic E-state index is 0.557. The van der Waals surface area contributed by atoms with Gasteiger partial charge in [-0.25, -0.2) is 0 Å². The van der Waals surface area contributed by atoms with Gasteiger partial charge in [0.2, 0.25) is 5.89 Å². The highest BCUT2D eigenvalue weighted by Crippen LogP contribution is 2.21. The molecule has 1 aliphatic heterocycles. The lowest BCUT2D eigenvalue weighted by molar-refractivity contribution is 0.122. The van der Waals surface area contributed by atoms with E-state index >= 15 is 0 Å². The fraction of sp³-hybridized carbons (Fsp3) is 0.529. The fourth-order valence-corrected chi connectivity index (χ4v) is 2.96. The second-order valence-corrected chi connectivity index (χ2v) is 6.05. The second-order valence-electron chi connectivity index (χ2n) is 6.05. The van der Waals surface area contributed by atoms with Gasteiger partial charge in [-0.15, -0.1) is 0 Å². The summed E-state index contributed by atoms with van der Waals surface area (Å²) < 4.78 is 11.0. The molecule has 0 amide bonds. The number of para-hydroxylation sites is 1. The lowest BCUT2D eigenvalue weighted by atomic mass is 9.99. The monoisotopic (exact) mass is 301 g/mol. The van der Waals surface area contributed by atoms with E-state index in [2.05, 4.69) is 28.0 Å². The zero-order chi connectivity index (χ0) is 15.4. The quantitative estimate of drug-likeness (QED) is 0.850. The molecule has 1 saturated heterocycles. The van der Waals surface area contributed by atoms with Gasteiger partial charge in [-0.3, -0.25) is 4.90 Å². The van der Waals surface area contributed by atoms with Crippen molar-refractivity contribution >= 4 is 0 Å². The first-order valence-electron chi connectivity index (χ1n) is 7.90. The van der Waals surface area contributed by atoms with Crippen molar-refractivity contribution < 1.29 is 9.26 Å². The van der Waals surface area contributed by atoms with Gasteiger partial charge in [0, 0.05) is 19.4 Å². The number of rotatable bonds is 5. The maximum atomic E-state index is 6.00. The summed E-state index contributed by atoms with van der Waals surface area (Å²) in [7, 11) is 0. The Bertz CT molecular complexity index is 611. The predicted molar refractivity (Wildman–Crippen MR) is 83.7 cm³/mol. The largest absolute Gasteiger partial charge is 0.493 e. The van der Waals surface area contributed by atoms with Crippen LogP contribution in [0.15, 0.2) is 28.8 Å². The molecule has 0 radical (unpaired) electrons. The molecule has 118 valence electrons. The highest BCUT2D eigenvalue weighted by atomic mass is 16.5. The summed E-state index contributed by atoms with van der Waals surface area (Å²) in [6.45, 7) is 7.56. The first-order valence-corrected chi connectivity index (χ1v) is 7.90. The van der Waals surface area contributed by atoms with Crippen LogP contribution >= 0.6 is 0 Å². The van der Waals surface area contributed by atoms with Gasteiger partial charge in [0.05, 0.1) is 13.2 Å². The Labute approximate surface area is 131 Å². The molecule has 5 nitrogen and oxygen atoms in total. The van der Waals surface area contributed by atoms with Crippen LogP contribution in [0.2, 0.25) is 0 Å². The van der Waals surface area contributed by atoms with Crippen LogP contribution in [-0.4, -0.2) is 34.7 Å². The first kappa shape index (κ1) is 15.0. The fourth-order valence-electron chi connectivity index (χ4n) is 2.96. The summed E-state index contributed by atoms with van der Waals surface area (Å²) in [5.41, 5.74) is 1.19. The molecule has 0 N–H and O–H groups in total. The van der Waals surface area contributed by atoms with Gasteiger partial charge in [-0.1, -0.05) is 23.4 Å². The van der Waals surface area contributed by atoms with Crippen molar-refractivity contribution in [1.82, 2.24) is 15.0 Å². The van der Waals surface area contributed by atoms with Gasteiger partial charge < -0.3 is 9.26 Å². The van der Waals surface area contributed by atoms with E-state index in [1.807, 2.05) is 25.1 Å². The van der Waals surface area contributed by atoms with E-state index < -0.39 is 0 Å². The van der Waals surface area contributed by atoms with Gasteiger partial charge in [0.1, 0.15) is 5.75 Å². The molecule has 5 heteroatoms. The highest BCUT2D eigenvalue weighted by molar-refractivity contribution is 5.31. The van der Waals surface area contributed by atoms with E-state index in [-0.39, 0.29) is 0 Å². The molecule has 0 bridgehead atoms. The van der Waals surface area contributed by atoms with E-state index in [1.54, 1.807) is 0 Å². The Balaban J connectivity index is 1.51. The first-order chi connectivity index (χ1) is 10.7. The summed E-state index contributed by atoms with van der Waals surface area (Å²) in [4.78, 5) is 6.67. The molecule has 2 aromatic rings. The summed E-state index contributed by atoms with van der Waals surface area (Å²) in [5, 5.41) is 3.98. The summed E-state index contributed by atoms with van der Waals surface area (Å²) in [6.07, 6.45) is 2.41. The number of hydrogen-bond donors (Lipinski definition) is 0. The minimum Gasteiger partial charge on any atom is -0.493 e. The molecule has 3 rings (SSSR count). The van der Waals surface area contributed by atoms with Crippen molar-refractivity contribution in [3.05, 3.63) is 41.5 Å². The molecule has 22 heavy (non-hydrogen) atoms. The van der Waals surface area contributed by atoms with Crippen molar-refractivity contribution in [2.45, 2.75) is 33.2 Å². The third kappa shape index (κ3) is 3.85. The third-order valence-electron chi connectivity index (χ3n) is 4.11. The molecular formula is C17H23N3O2. The predicted octanol–water partition coefficient (Wildman–Crippen LogP) is 2.98. The molecule has 1 aromatic heterocycles. The van der Waals surface area contributed by atoms with Crippen LogP contribution in [0.1, 0.15) is 30.1 Å². The Morgan fingerprint density at radius 2 is 2.18 bits per heavy atom. The molecule has 0 spiro atoms. The number of likely N-dealkylation sites (tertiary alicyclic amines) is 1. The van der Waals surface area contributed by atoms with Crippen LogP contribution in [0.5, 0.6) is 5.75 Å². The maximum Gasteiger partial charge on any atom is 0.223 e. The molecule has 2 heterocycles. The normalized spacial score (nSPS) is 19.3. The lowest BCUT2D eigenvalue weighted by Gasteiger charge is -2.31. The zero-order valence-corrected chi connectivity index (χ0v) is 13.3. The highest BCUT2D eigenvalue weighted by Gasteiger charge is 2.22. The van der Waals surface area contributed by atoms with Crippen molar-refractivity contribution in [2.75, 3.05) is 19.7 Å². The molecule has 0 aliphatic carbocycles. The van der Waals surface area contributed by atoms with Crippen LogP contribution in [0, 0.1) is 19.8 Å². The minimum absolute atomic E-state index is 0.557. The van der Waals surface area contributed by atoms with Crippen LogP contribution < -0.4 is 4.74 Å². The van der Waals surface area contributed by atoms with Crippen molar-refractivity contribution in [3.63, 3.8) is 0 Å². The van der Waals surface area contributed by atoms with Gasteiger partial charge in [-0.05, 0) is 37.9 Å². The number of aromatic nitrogens is 2. The maximum absolute atomic E-state index is 6.00. The molecule has 1 atom stereocenters. The Hall–Kier alpha value is -1.88. The number of benzene rings is 1. The number of ether oxygens (including phenoxy) is 1. The van der Waals surface area contributed by atoms with Crippen LogP contribution in [0.4, 0.5) is 0 Å². The SMILES string of the molecule is Cc1nc(CN2CCC[C@@H](COc3ccccc3C)C2)no1. The third-order valence-corrected chi connectivity index (χ3v) is 4.11. The molecule has 1 fully saturated rings. The molecule has 0 saturated carbocycles. The van der Waals surface area contributed by atoms with Crippen molar-refractivity contribution in [3.8, 4) is 5.75 Å². The van der Waals surface area contributed by atoms with Crippen molar-refractivity contribution in [1.29, 1.82) is 0 Å². The smallest absolute Gasteiger partial charge is 0.223 e. The number of aryl methyl sites for hydroxylation is 2. The van der Waals surface area contributed by atoms with Gasteiger partial charge in [0.25, 0.3) is 0 Å². The van der Waals surface area contributed by atoms with E-state index in [4.69, 9.17) is 9.26 Å². The Kier molecular flexibility index (Phi) is 4.73. The van der Waals surface area contributed by atoms with Gasteiger partial charge in [0.15, 0.2) is 5.82 Å². The zero-order valence-electron chi connectivity index (χ0n) is 13.3. The van der Waals surface area contributed by atoms with Crippen LogP contribution in [0.25, 0.3) is 0 Å². The Morgan fingerprint density at radius 1 is 1.32 bits per heavy atom. The lowest BCUT2D eigenvalue weighted by Crippen LogP contribution is -2.37. The topological polar surface area (TPSA) is 51.4 Å². The van der Waals surface area contributed by atoms with Crippen LogP contribution in [0.3, 0.4) is 0 Å². The van der Waals surface area contributed by atoms with E-state index in [1.165, 1.54) is 18.4 Å². The van der Waals surface area contributed by atoms with Crippen molar-refractivity contribution in [2.24, 2.45) is 5.92 Å². The van der Waals surface area contributed by atoms with E-state index in [0.717, 1.165) is 37.8 Å². The molecule has 0 unspecified atom stereocenters. The second kappa shape index (κ2) is 6.92. The van der Waals surface area contributed by atoms with Gasteiger partial charge in [-0.2, -0.15) is 4.98 Å². The molecule has 1 aromatic carbocycles. The number of hydrogen-bond acceptors (Lipinski definition) is 5. The average Bonchev–Trinajstić information content (AvgIpc) is 2.92. The molecular weight excluding hydrogens is 278 g/mol. The van der Waals surface area contributed by atoms with Gasteiger partial charge >= 0.3 is 0 Å². The standard InChI is InChI=1S/C17H23N3O2/c1-13-6-3-4-8-16(13)21-12-15-7-5-9-20(10-15)11-17-18-14(2)22-19-17/h3-4,6,8,15H,5,7,9-12H2,1-2H3/t15-/m1/s1. The molecule has 1 aliphatic rings. The van der Waals surface area contributed by atoms with E-state index in [9.17, 15) is 0 Å². The summed E-state index contributed by atoms with van der Waals surface area (Å²) in [5.74, 6) is 2.96. The average molecular weight is 301 g/mol. The summed E-state index contributed by atoms with van der Waals surface area (Å²) >= 11 is 0. The Morgan fingerprint density at radius 3 is 2.95 bits per heavy atom. The number of piperidine rings is 1. The number of nitrogens with zero attached hydrogens (tertiary/aromatic N) is 3. The van der Waals surface area contributed by atoms with Crippen LogP contribution in [-0.2, 0) is 6.54 Å².